The van der Waals surface area contributed by atoms with Crippen LogP contribution in [0.4, 0.5) is 0 Å². The highest BCUT2D eigenvalue weighted by atomic mass is 32.2. The maximum atomic E-state index is 5.93. The summed E-state index contributed by atoms with van der Waals surface area (Å²) in [5.41, 5.74) is 0.753. The molecule has 0 unspecified atom stereocenters. The van der Waals surface area contributed by atoms with Crippen molar-refractivity contribution >= 4 is 28.4 Å². The summed E-state index contributed by atoms with van der Waals surface area (Å²) >= 11 is 6.72. The van der Waals surface area contributed by atoms with Crippen molar-refractivity contribution in [2.45, 2.75) is 46.1 Å². The molecule has 0 N–H and O–H groups in total. The van der Waals surface area contributed by atoms with Gasteiger partial charge in [0.15, 0.2) is 0 Å². The van der Waals surface area contributed by atoms with E-state index in [0.29, 0.717) is 21.3 Å². The van der Waals surface area contributed by atoms with Crippen LogP contribution in [-0.4, -0.2) is 16.7 Å². The van der Waals surface area contributed by atoms with Gasteiger partial charge in [-0.2, -0.15) is 0 Å². The monoisotopic (exact) mass is 244 g/mol. The lowest BCUT2D eigenvalue weighted by Gasteiger charge is -2.38. The van der Waals surface area contributed by atoms with Gasteiger partial charge in [0.05, 0.1) is 0 Å². The summed E-state index contributed by atoms with van der Waals surface area (Å²) in [6, 6.07) is 0. The highest BCUT2D eigenvalue weighted by Gasteiger charge is 2.62. The number of hydrogen-bond acceptors (Lipinski definition) is 3. The second-order valence-electron chi connectivity index (χ2n) is 5.67. The first kappa shape index (κ1) is 11.7. The van der Waals surface area contributed by atoms with Crippen molar-refractivity contribution in [3.05, 3.63) is 0 Å². The maximum absolute atomic E-state index is 5.93. The molecule has 0 amide bonds. The normalized spacial score (nSPS) is 41.9. The smallest absolute Gasteiger partial charge is 0.219 e. The maximum Gasteiger partial charge on any atom is 0.219 e. The topological polar surface area (TPSA) is 9.23 Å². The Morgan fingerprint density at radius 2 is 2.07 bits per heavy atom. The minimum atomic E-state index is 0.331. The average molecular weight is 244 g/mol. The van der Waals surface area contributed by atoms with E-state index in [1.807, 2.05) is 6.26 Å². The lowest BCUT2D eigenvalue weighted by molar-refractivity contribution is 0.0271. The van der Waals surface area contributed by atoms with Gasteiger partial charge >= 0.3 is 0 Å². The molecule has 86 valence electrons. The summed E-state index contributed by atoms with van der Waals surface area (Å²) in [5, 5.41) is 0. The highest BCUT2D eigenvalue weighted by molar-refractivity contribution is 8.22. The van der Waals surface area contributed by atoms with E-state index in [0.717, 1.165) is 5.92 Å². The first-order valence-corrected chi connectivity index (χ1v) is 7.29. The molecule has 0 spiro atoms. The van der Waals surface area contributed by atoms with E-state index in [2.05, 4.69) is 20.8 Å². The third-order valence-electron chi connectivity index (χ3n) is 5.12. The van der Waals surface area contributed by atoms with Gasteiger partial charge in [0.25, 0.3) is 0 Å². The highest BCUT2D eigenvalue weighted by Crippen LogP contribution is 2.66. The van der Waals surface area contributed by atoms with Crippen LogP contribution in [0.5, 0.6) is 0 Å². The molecule has 2 rings (SSSR count). The quantitative estimate of drug-likeness (QED) is 0.648. The van der Waals surface area contributed by atoms with Crippen LogP contribution in [0.25, 0.3) is 0 Å². The molecule has 15 heavy (non-hydrogen) atoms. The molecule has 2 fully saturated rings. The Kier molecular flexibility index (Phi) is 2.83. The molecule has 3 heteroatoms. The predicted octanol–water partition coefficient (Wildman–Crippen LogP) is 3.87. The van der Waals surface area contributed by atoms with Gasteiger partial charge in [-0.1, -0.05) is 32.5 Å². The minimum Gasteiger partial charge on any atom is -0.475 e. The standard InChI is InChI=1S/C12H20OS2/c1-11(2)8-5-6-12(11,3)9(7-8)13-10(14)15-4/h8-9H,5-7H2,1-4H3/t8-,9+,12+/m1/s1. The molecule has 0 aliphatic heterocycles. The van der Waals surface area contributed by atoms with Crippen molar-refractivity contribution in [2.24, 2.45) is 16.7 Å². The molecule has 2 bridgehead atoms. The number of ether oxygens (including phenoxy) is 1. The van der Waals surface area contributed by atoms with Gasteiger partial charge in [0.2, 0.25) is 4.38 Å². The SMILES string of the molecule is CSC(=S)O[C@H]1C[C@H]2CC[C@]1(C)C2(C)C. The number of rotatable bonds is 1. The molecule has 0 radical (unpaired) electrons. The van der Waals surface area contributed by atoms with Gasteiger partial charge in [-0.15, -0.1) is 0 Å². The van der Waals surface area contributed by atoms with Crippen LogP contribution < -0.4 is 0 Å². The number of hydrogen-bond donors (Lipinski definition) is 0. The fourth-order valence-electron chi connectivity index (χ4n) is 3.47. The van der Waals surface area contributed by atoms with E-state index in [4.69, 9.17) is 17.0 Å². The van der Waals surface area contributed by atoms with E-state index in [1.54, 1.807) is 11.8 Å². The zero-order valence-corrected chi connectivity index (χ0v) is 11.6. The number of fused-ring (bicyclic) bond motifs is 2. The summed E-state index contributed by atoms with van der Waals surface area (Å²) in [5.74, 6) is 0.831. The zero-order chi connectivity index (χ0) is 11.3. The molecule has 2 saturated carbocycles. The van der Waals surface area contributed by atoms with Gasteiger partial charge in [-0.05, 0) is 49.1 Å². The van der Waals surface area contributed by atoms with Gasteiger partial charge in [-0.3, -0.25) is 0 Å². The Hall–Kier alpha value is 0.240. The third-order valence-corrected chi connectivity index (χ3v) is 6.14. The lowest BCUT2D eigenvalue weighted by atomic mass is 9.70. The van der Waals surface area contributed by atoms with Crippen molar-refractivity contribution in [2.75, 3.05) is 6.26 Å². The molecule has 0 heterocycles. The lowest BCUT2D eigenvalue weighted by Crippen LogP contribution is -2.37. The summed E-state index contributed by atoms with van der Waals surface area (Å²) < 4.78 is 6.64. The summed E-state index contributed by atoms with van der Waals surface area (Å²) in [6.07, 6.45) is 6.21. The Morgan fingerprint density at radius 1 is 1.40 bits per heavy atom. The molecule has 0 aromatic rings. The first-order valence-electron chi connectivity index (χ1n) is 5.66. The Balaban J connectivity index is 2.15. The van der Waals surface area contributed by atoms with Gasteiger partial charge in [0.1, 0.15) is 6.10 Å². The Labute approximate surface area is 102 Å². The largest absolute Gasteiger partial charge is 0.475 e. The van der Waals surface area contributed by atoms with Gasteiger partial charge in [-0.25, -0.2) is 0 Å². The van der Waals surface area contributed by atoms with Gasteiger partial charge in [0, 0.05) is 5.41 Å². The van der Waals surface area contributed by atoms with Crippen molar-refractivity contribution in [1.29, 1.82) is 0 Å². The van der Waals surface area contributed by atoms with Crippen LogP contribution in [0.3, 0.4) is 0 Å². The molecule has 2 aliphatic carbocycles. The van der Waals surface area contributed by atoms with Crippen LogP contribution >= 0.6 is 24.0 Å². The van der Waals surface area contributed by atoms with E-state index in [9.17, 15) is 0 Å². The second-order valence-corrected chi connectivity index (χ2v) is 7.08. The molecule has 2 aliphatic rings. The summed E-state index contributed by atoms with van der Waals surface area (Å²) in [4.78, 5) is 0. The van der Waals surface area contributed by atoms with E-state index in [-0.39, 0.29) is 0 Å². The van der Waals surface area contributed by atoms with Gasteiger partial charge < -0.3 is 4.74 Å². The predicted molar refractivity (Wildman–Crippen MR) is 70.2 cm³/mol. The van der Waals surface area contributed by atoms with Crippen molar-refractivity contribution < 1.29 is 4.74 Å². The molecule has 0 saturated heterocycles. The molecular weight excluding hydrogens is 224 g/mol. The summed E-state index contributed by atoms with van der Waals surface area (Å²) in [7, 11) is 0. The van der Waals surface area contributed by atoms with Crippen LogP contribution in [0.15, 0.2) is 0 Å². The fraction of sp³-hybridized carbons (Fsp3) is 0.917. The Bertz CT molecular complexity index is 287. The summed E-state index contributed by atoms with van der Waals surface area (Å²) in [6.45, 7) is 7.18. The zero-order valence-electron chi connectivity index (χ0n) is 10.0. The minimum absolute atomic E-state index is 0.331. The van der Waals surface area contributed by atoms with Crippen LogP contribution in [-0.2, 0) is 4.74 Å². The van der Waals surface area contributed by atoms with E-state index in [1.165, 1.54) is 19.3 Å². The third kappa shape index (κ3) is 1.54. The van der Waals surface area contributed by atoms with Crippen LogP contribution in [0.1, 0.15) is 40.0 Å². The van der Waals surface area contributed by atoms with Crippen molar-refractivity contribution in [3.8, 4) is 0 Å². The van der Waals surface area contributed by atoms with Crippen molar-refractivity contribution in [3.63, 3.8) is 0 Å². The first-order chi connectivity index (χ1) is 6.91. The van der Waals surface area contributed by atoms with Crippen LogP contribution in [0.2, 0.25) is 0 Å². The average Bonchev–Trinajstić information content (AvgIpc) is 2.50. The number of thioether (sulfide) groups is 1. The van der Waals surface area contributed by atoms with Crippen molar-refractivity contribution in [1.82, 2.24) is 0 Å². The van der Waals surface area contributed by atoms with Crippen LogP contribution in [0, 0.1) is 16.7 Å². The molecule has 0 aromatic heterocycles. The molecular formula is C12H20OS2. The van der Waals surface area contributed by atoms with E-state index < -0.39 is 0 Å². The fourth-order valence-corrected chi connectivity index (χ4v) is 3.80. The molecule has 1 nitrogen and oxygen atoms in total. The molecule has 3 atom stereocenters. The number of thiocarbonyl (C=S) groups is 1. The second kappa shape index (κ2) is 3.63. The molecule has 0 aromatic carbocycles. The Morgan fingerprint density at radius 3 is 2.47 bits per heavy atom. The van der Waals surface area contributed by atoms with E-state index >= 15 is 0 Å².